The number of nitrogens with zero attached hydrogens (tertiary/aromatic N) is 2. The number of carbonyl (C=O) groups excluding carboxylic acids is 1. The first-order chi connectivity index (χ1) is 13.0. The molecule has 0 radical (unpaired) electrons. The molecule has 7 heteroatoms. The lowest BCUT2D eigenvalue weighted by Crippen LogP contribution is -2.26. The molecule has 0 aliphatic rings. The summed E-state index contributed by atoms with van der Waals surface area (Å²) in [4.78, 5) is 15.0. The Morgan fingerprint density at radius 3 is 2.26 bits per heavy atom. The van der Waals surface area contributed by atoms with Crippen LogP contribution in [0.5, 0.6) is 5.75 Å². The average Bonchev–Trinajstić information content (AvgIpc) is 2.69. The Balaban J connectivity index is 2.13. The molecule has 0 unspecified atom stereocenters. The maximum atomic E-state index is 12.7. The van der Waals surface area contributed by atoms with Crippen LogP contribution < -0.4 is 4.74 Å². The van der Waals surface area contributed by atoms with E-state index in [9.17, 15) is 13.2 Å². The van der Waals surface area contributed by atoms with Crippen LogP contribution >= 0.6 is 0 Å². The number of ether oxygens (including phenoxy) is 1. The predicted molar refractivity (Wildman–Crippen MR) is 103 cm³/mol. The minimum atomic E-state index is -4.25. The lowest BCUT2D eigenvalue weighted by Gasteiger charge is -2.06. The molecule has 0 saturated heterocycles. The molecule has 142 valence electrons. The largest absolute Gasteiger partial charge is 0.494 e. The normalized spacial score (nSPS) is 10.9. The maximum Gasteiger partial charge on any atom is 0.456 e. The van der Waals surface area contributed by atoms with Gasteiger partial charge in [-0.1, -0.05) is 56.5 Å². The van der Waals surface area contributed by atoms with Crippen LogP contribution in [-0.2, 0) is 9.84 Å². The minimum Gasteiger partial charge on any atom is -0.494 e. The highest BCUT2D eigenvalue weighted by molar-refractivity contribution is 8.08. The number of benzene rings is 2. The summed E-state index contributed by atoms with van der Waals surface area (Å²) < 4.78 is 30.9. The second-order valence-corrected chi connectivity index (χ2v) is 7.85. The molecule has 27 heavy (non-hydrogen) atoms. The number of hydrogen-bond acceptors (Lipinski definition) is 4. The Labute approximate surface area is 159 Å². The first-order valence-corrected chi connectivity index (χ1v) is 10.3. The van der Waals surface area contributed by atoms with Gasteiger partial charge in [-0.25, -0.2) is 8.42 Å². The molecule has 0 bridgehead atoms. The van der Waals surface area contributed by atoms with E-state index in [0.717, 1.165) is 25.7 Å². The van der Waals surface area contributed by atoms with Crippen LogP contribution in [0.25, 0.3) is 5.53 Å². The molecule has 0 aliphatic heterocycles. The Hall–Kier alpha value is -2.76. The van der Waals surface area contributed by atoms with E-state index >= 15 is 0 Å². The molecule has 0 spiro atoms. The molecule has 0 saturated carbocycles. The van der Waals surface area contributed by atoms with Gasteiger partial charge in [-0.2, -0.15) is 0 Å². The monoisotopic (exact) mass is 386 g/mol. The molecule has 0 aromatic heterocycles. The van der Waals surface area contributed by atoms with Gasteiger partial charge in [-0.3, -0.25) is 4.79 Å². The van der Waals surface area contributed by atoms with Crippen molar-refractivity contribution in [3.63, 3.8) is 0 Å². The third-order valence-corrected chi connectivity index (χ3v) is 5.65. The highest BCUT2D eigenvalue weighted by Crippen LogP contribution is 2.19. The number of rotatable bonds is 9. The maximum absolute atomic E-state index is 12.7. The van der Waals surface area contributed by atoms with Crippen molar-refractivity contribution in [2.24, 2.45) is 0 Å². The summed E-state index contributed by atoms with van der Waals surface area (Å²) in [5, 5.41) is -0.915. The van der Waals surface area contributed by atoms with Crippen molar-refractivity contribution in [3.05, 3.63) is 65.7 Å². The van der Waals surface area contributed by atoms with Crippen LogP contribution in [0.4, 0.5) is 0 Å². The van der Waals surface area contributed by atoms with Crippen molar-refractivity contribution >= 4 is 20.7 Å². The van der Waals surface area contributed by atoms with Gasteiger partial charge in [0, 0.05) is 5.56 Å². The van der Waals surface area contributed by atoms with Crippen LogP contribution in [0.15, 0.2) is 59.5 Å². The smallest absolute Gasteiger partial charge is 0.456 e. The summed E-state index contributed by atoms with van der Waals surface area (Å²) >= 11 is 0. The first kappa shape index (κ1) is 20.6. The molecular weight excluding hydrogens is 364 g/mol. The molecule has 0 N–H and O–H groups in total. The molecule has 0 atom stereocenters. The third kappa shape index (κ3) is 5.36. The van der Waals surface area contributed by atoms with E-state index in [1.165, 1.54) is 36.4 Å². The fraction of sp³-hybridized carbons (Fsp3) is 0.300. The number of Topliss-reactive ketones (excluding diaryl/α,β-unsaturated/α-hetero) is 1. The molecule has 6 nitrogen and oxygen atoms in total. The second kappa shape index (κ2) is 9.80. The molecule has 0 heterocycles. The van der Waals surface area contributed by atoms with Crippen molar-refractivity contribution in [2.45, 2.75) is 37.5 Å². The van der Waals surface area contributed by atoms with Crippen LogP contribution in [-0.4, -0.2) is 30.6 Å². The van der Waals surface area contributed by atoms with Crippen LogP contribution in [0.1, 0.15) is 43.0 Å². The number of unbranched alkanes of at least 4 members (excludes halogenated alkanes) is 3. The zero-order valence-corrected chi connectivity index (χ0v) is 16.0. The fourth-order valence-electron chi connectivity index (χ4n) is 2.48. The molecule has 2 aromatic rings. The molecule has 0 aliphatic carbocycles. The second-order valence-electron chi connectivity index (χ2n) is 5.98. The lowest BCUT2D eigenvalue weighted by molar-refractivity contribution is -0.00158. The van der Waals surface area contributed by atoms with E-state index in [4.69, 9.17) is 10.3 Å². The topological polar surface area (TPSA) is 96.8 Å². The van der Waals surface area contributed by atoms with E-state index in [2.05, 4.69) is 11.7 Å². The zero-order chi connectivity index (χ0) is 19.7. The van der Waals surface area contributed by atoms with Crippen LogP contribution in [0.3, 0.4) is 0 Å². The first-order valence-electron chi connectivity index (χ1n) is 8.80. The Morgan fingerprint density at radius 1 is 1.00 bits per heavy atom. The van der Waals surface area contributed by atoms with Gasteiger partial charge in [0.1, 0.15) is 5.75 Å². The molecule has 0 amide bonds. The van der Waals surface area contributed by atoms with Gasteiger partial charge in [0.05, 0.1) is 11.5 Å². The number of sulfone groups is 1. The average molecular weight is 386 g/mol. The van der Waals surface area contributed by atoms with Crippen LogP contribution in [0, 0.1) is 0 Å². The zero-order valence-electron chi connectivity index (χ0n) is 15.2. The van der Waals surface area contributed by atoms with E-state index in [0.29, 0.717) is 12.4 Å². The summed E-state index contributed by atoms with van der Waals surface area (Å²) in [6.45, 7) is 2.69. The van der Waals surface area contributed by atoms with E-state index in [1.54, 1.807) is 18.2 Å². The SMILES string of the molecule is CCCCCCOc1ccc(S(=O)(=O)C(=[N+]=[N-])C(=O)c2ccccc2)cc1. The minimum absolute atomic E-state index is 0.126. The van der Waals surface area contributed by atoms with Crippen molar-refractivity contribution in [3.8, 4) is 5.75 Å². The van der Waals surface area contributed by atoms with Gasteiger partial charge in [0.25, 0.3) is 15.6 Å². The van der Waals surface area contributed by atoms with Gasteiger partial charge in [0.15, 0.2) is 0 Å². The number of carbonyl (C=O) groups is 1. The quantitative estimate of drug-likeness (QED) is 0.163. The summed E-state index contributed by atoms with van der Waals surface area (Å²) in [5.41, 5.74) is 9.29. The molecule has 2 aromatic carbocycles. The standard InChI is InChI=1S/C20H22N2O4S/c1-2-3-4-8-15-26-17-11-13-18(14-12-17)27(24,25)20(22-21)19(23)16-9-6-5-7-10-16/h5-7,9-14H,2-4,8,15H2,1H3. The number of ketones is 1. The lowest BCUT2D eigenvalue weighted by atomic mass is 10.1. The summed E-state index contributed by atoms with van der Waals surface area (Å²) in [6, 6.07) is 13.5. The van der Waals surface area contributed by atoms with Crippen LogP contribution in [0.2, 0.25) is 0 Å². The fourth-order valence-corrected chi connectivity index (χ4v) is 3.67. The summed E-state index contributed by atoms with van der Waals surface area (Å²) in [7, 11) is -4.25. The van der Waals surface area contributed by atoms with E-state index in [1.807, 2.05) is 0 Å². The van der Waals surface area contributed by atoms with Gasteiger partial charge in [0.2, 0.25) is 0 Å². The van der Waals surface area contributed by atoms with Crippen molar-refractivity contribution in [1.82, 2.24) is 0 Å². The van der Waals surface area contributed by atoms with Gasteiger partial charge < -0.3 is 10.3 Å². The Bertz CT molecular complexity index is 916. The predicted octanol–water partition coefficient (Wildman–Crippen LogP) is 3.93. The van der Waals surface area contributed by atoms with Gasteiger partial charge in [-0.15, -0.1) is 4.79 Å². The van der Waals surface area contributed by atoms with Crippen molar-refractivity contribution < 1.29 is 22.7 Å². The highest BCUT2D eigenvalue weighted by Gasteiger charge is 2.38. The summed E-state index contributed by atoms with van der Waals surface area (Å²) in [6.07, 6.45) is 4.31. The van der Waals surface area contributed by atoms with Crippen molar-refractivity contribution in [2.75, 3.05) is 6.61 Å². The van der Waals surface area contributed by atoms with E-state index < -0.39 is 20.7 Å². The molecule has 2 rings (SSSR count). The Morgan fingerprint density at radius 2 is 1.67 bits per heavy atom. The Kier molecular flexibility index (Phi) is 7.46. The molecule has 0 fully saturated rings. The molecular formula is C20H22N2O4S. The van der Waals surface area contributed by atoms with Gasteiger partial charge in [-0.05, 0) is 30.7 Å². The third-order valence-electron chi connectivity index (χ3n) is 3.98. The highest BCUT2D eigenvalue weighted by atomic mass is 32.2. The summed E-state index contributed by atoms with van der Waals surface area (Å²) in [5.74, 6) is -0.323. The van der Waals surface area contributed by atoms with Crippen molar-refractivity contribution in [1.29, 1.82) is 0 Å². The van der Waals surface area contributed by atoms with Gasteiger partial charge >= 0.3 is 5.04 Å². The van der Waals surface area contributed by atoms with E-state index in [-0.39, 0.29) is 10.5 Å². The number of hydrogen-bond donors (Lipinski definition) is 0.